The molecule has 0 bridgehead atoms. The van der Waals surface area contributed by atoms with Crippen molar-refractivity contribution >= 4 is 0 Å². The molecule has 0 unspecified atom stereocenters. The van der Waals surface area contributed by atoms with Crippen molar-refractivity contribution in [2.45, 2.75) is 27.0 Å². The molecule has 1 aromatic carbocycles. The van der Waals surface area contributed by atoms with Crippen LogP contribution in [0.4, 0.5) is 0 Å². The van der Waals surface area contributed by atoms with Crippen LogP contribution in [0, 0.1) is 0 Å². The van der Waals surface area contributed by atoms with E-state index in [1.165, 1.54) is 0 Å². The Balaban J connectivity index is 1.83. The lowest BCUT2D eigenvalue weighted by Crippen LogP contribution is -2.10. The SMILES string of the molecule is CCNCc1coc(COc2ccc(OCC)cc2)c1. The lowest BCUT2D eigenvalue weighted by atomic mass is 10.3. The van der Waals surface area contributed by atoms with Crippen molar-refractivity contribution in [2.24, 2.45) is 0 Å². The molecule has 0 aliphatic rings. The second kappa shape index (κ2) is 7.60. The van der Waals surface area contributed by atoms with E-state index in [2.05, 4.69) is 12.2 Å². The third kappa shape index (κ3) is 4.31. The van der Waals surface area contributed by atoms with E-state index >= 15 is 0 Å². The van der Waals surface area contributed by atoms with Gasteiger partial charge in [0.25, 0.3) is 0 Å². The minimum atomic E-state index is 0.431. The van der Waals surface area contributed by atoms with Crippen LogP contribution in [0.5, 0.6) is 11.5 Å². The molecule has 20 heavy (non-hydrogen) atoms. The van der Waals surface area contributed by atoms with Gasteiger partial charge >= 0.3 is 0 Å². The normalized spacial score (nSPS) is 10.5. The quantitative estimate of drug-likeness (QED) is 0.802. The van der Waals surface area contributed by atoms with Crippen molar-refractivity contribution in [1.82, 2.24) is 5.32 Å². The number of hydrogen-bond donors (Lipinski definition) is 1. The van der Waals surface area contributed by atoms with Crippen LogP contribution in [0.15, 0.2) is 41.0 Å². The molecule has 0 amide bonds. The smallest absolute Gasteiger partial charge is 0.146 e. The number of nitrogens with one attached hydrogen (secondary N) is 1. The number of furan rings is 1. The summed E-state index contributed by atoms with van der Waals surface area (Å²) in [6.07, 6.45) is 1.76. The van der Waals surface area contributed by atoms with Crippen molar-refractivity contribution in [3.8, 4) is 11.5 Å². The van der Waals surface area contributed by atoms with Gasteiger partial charge in [-0.05, 0) is 43.8 Å². The predicted octanol–water partition coefficient (Wildman–Crippen LogP) is 3.37. The fraction of sp³-hybridized carbons (Fsp3) is 0.375. The Morgan fingerprint density at radius 1 is 1.05 bits per heavy atom. The van der Waals surface area contributed by atoms with Gasteiger partial charge < -0.3 is 19.2 Å². The Bertz CT molecular complexity index is 505. The van der Waals surface area contributed by atoms with Crippen LogP contribution in [0.3, 0.4) is 0 Å². The van der Waals surface area contributed by atoms with Crippen molar-refractivity contribution in [3.63, 3.8) is 0 Å². The third-order valence-corrected chi connectivity index (χ3v) is 2.80. The first-order valence-electron chi connectivity index (χ1n) is 6.94. The van der Waals surface area contributed by atoms with Gasteiger partial charge in [0.05, 0.1) is 12.9 Å². The van der Waals surface area contributed by atoms with E-state index in [1.807, 2.05) is 37.3 Å². The third-order valence-electron chi connectivity index (χ3n) is 2.80. The van der Waals surface area contributed by atoms with E-state index in [-0.39, 0.29) is 0 Å². The van der Waals surface area contributed by atoms with E-state index in [4.69, 9.17) is 13.9 Å². The molecule has 1 N–H and O–H groups in total. The Morgan fingerprint density at radius 2 is 1.75 bits per heavy atom. The first kappa shape index (κ1) is 14.5. The molecule has 0 radical (unpaired) electrons. The monoisotopic (exact) mass is 275 g/mol. The van der Waals surface area contributed by atoms with Crippen LogP contribution in [0.1, 0.15) is 25.2 Å². The second-order valence-corrected chi connectivity index (χ2v) is 4.39. The number of rotatable bonds is 8. The van der Waals surface area contributed by atoms with Gasteiger partial charge in [0.2, 0.25) is 0 Å². The average molecular weight is 275 g/mol. The van der Waals surface area contributed by atoms with Gasteiger partial charge in [-0.15, -0.1) is 0 Å². The van der Waals surface area contributed by atoms with Gasteiger partial charge in [0.15, 0.2) is 0 Å². The average Bonchev–Trinajstić information content (AvgIpc) is 2.93. The highest BCUT2D eigenvalue weighted by Gasteiger charge is 2.03. The summed E-state index contributed by atoms with van der Waals surface area (Å²) in [5.74, 6) is 2.48. The first-order chi connectivity index (χ1) is 9.81. The highest BCUT2D eigenvalue weighted by atomic mass is 16.5. The number of hydrogen-bond acceptors (Lipinski definition) is 4. The fourth-order valence-corrected chi connectivity index (χ4v) is 1.82. The van der Waals surface area contributed by atoms with Crippen LogP contribution in [0.2, 0.25) is 0 Å². The number of benzene rings is 1. The van der Waals surface area contributed by atoms with Gasteiger partial charge in [-0.25, -0.2) is 0 Å². The van der Waals surface area contributed by atoms with E-state index in [0.29, 0.717) is 13.2 Å². The first-order valence-corrected chi connectivity index (χ1v) is 6.94. The standard InChI is InChI=1S/C16H21NO3/c1-3-17-10-13-9-16(19-11-13)12-20-15-7-5-14(6-8-15)18-4-2/h5-9,11,17H,3-4,10,12H2,1-2H3. The van der Waals surface area contributed by atoms with E-state index in [9.17, 15) is 0 Å². The minimum absolute atomic E-state index is 0.431. The summed E-state index contributed by atoms with van der Waals surface area (Å²) in [5, 5.41) is 3.26. The summed E-state index contributed by atoms with van der Waals surface area (Å²) >= 11 is 0. The van der Waals surface area contributed by atoms with Crippen LogP contribution < -0.4 is 14.8 Å². The molecule has 0 fully saturated rings. The summed E-state index contributed by atoms with van der Waals surface area (Å²) in [4.78, 5) is 0. The van der Waals surface area contributed by atoms with Crippen LogP contribution >= 0.6 is 0 Å². The molecule has 2 aromatic rings. The minimum Gasteiger partial charge on any atom is -0.494 e. The van der Waals surface area contributed by atoms with E-state index < -0.39 is 0 Å². The molecule has 0 saturated heterocycles. The van der Waals surface area contributed by atoms with E-state index in [0.717, 1.165) is 35.9 Å². The lowest BCUT2D eigenvalue weighted by Gasteiger charge is -2.06. The zero-order chi connectivity index (χ0) is 14.2. The highest BCUT2D eigenvalue weighted by Crippen LogP contribution is 2.19. The van der Waals surface area contributed by atoms with Crippen LogP contribution in [0.25, 0.3) is 0 Å². The predicted molar refractivity (Wildman–Crippen MR) is 78.0 cm³/mol. The van der Waals surface area contributed by atoms with Gasteiger partial charge in [-0.3, -0.25) is 0 Å². The Morgan fingerprint density at radius 3 is 2.40 bits per heavy atom. The van der Waals surface area contributed by atoms with Gasteiger partial charge in [-0.1, -0.05) is 6.92 Å². The fourth-order valence-electron chi connectivity index (χ4n) is 1.82. The maximum atomic E-state index is 5.67. The van der Waals surface area contributed by atoms with Crippen molar-refractivity contribution < 1.29 is 13.9 Å². The highest BCUT2D eigenvalue weighted by molar-refractivity contribution is 5.31. The molecule has 0 spiro atoms. The van der Waals surface area contributed by atoms with Crippen LogP contribution in [-0.4, -0.2) is 13.2 Å². The molecule has 4 nitrogen and oxygen atoms in total. The molecular weight excluding hydrogens is 254 g/mol. The molecule has 4 heteroatoms. The Kier molecular flexibility index (Phi) is 5.50. The Labute approximate surface area is 119 Å². The Hall–Kier alpha value is -1.94. The summed E-state index contributed by atoms with van der Waals surface area (Å²) in [7, 11) is 0. The zero-order valence-corrected chi connectivity index (χ0v) is 12.0. The largest absolute Gasteiger partial charge is 0.494 e. The molecule has 0 aliphatic heterocycles. The van der Waals surface area contributed by atoms with Gasteiger partial charge in [0.1, 0.15) is 23.9 Å². The second-order valence-electron chi connectivity index (χ2n) is 4.39. The zero-order valence-electron chi connectivity index (χ0n) is 12.0. The molecule has 1 aromatic heterocycles. The van der Waals surface area contributed by atoms with E-state index in [1.54, 1.807) is 6.26 Å². The molecule has 2 rings (SSSR count). The molecule has 0 aliphatic carbocycles. The topological polar surface area (TPSA) is 43.6 Å². The van der Waals surface area contributed by atoms with Crippen molar-refractivity contribution in [1.29, 1.82) is 0 Å². The summed E-state index contributed by atoms with van der Waals surface area (Å²) in [6.45, 7) is 6.91. The maximum Gasteiger partial charge on any atom is 0.146 e. The maximum absolute atomic E-state index is 5.67. The van der Waals surface area contributed by atoms with Gasteiger partial charge in [-0.2, -0.15) is 0 Å². The van der Waals surface area contributed by atoms with Crippen LogP contribution in [-0.2, 0) is 13.2 Å². The summed E-state index contributed by atoms with van der Waals surface area (Å²) in [5.41, 5.74) is 1.14. The van der Waals surface area contributed by atoms with Crippen molar-refractivity contribution in [3.05, 3.63) is 47.9 Å². The molecule has 0 saturated carbocycles. The molecular formula is C16H21NO3. The molecule has 0 atom stereocenters. The summed E-state index contributed by atoms with van der Waals surface area (Å²) in [6, 6.07) is 9.60. The summed E-state index contributed by atoms with van der Waals surface area (Å²) < 4.78 is 16.5. The number of ether oxygens (including phenoxy) is 2. The molecule has 1 heterocycles. The lowest BCUT2D eigenvalue weighted by molar-refractivity contribution is 0.269. The molecule has 108 valence electrons. The van der Waals surface area contributed by atoms with Crippen molar-refractivity contribution in [2.75, 3.05) is 13.2 Å². The van der Waals surface area contributed by atoms with Gasteiger partial charge in [0, 0.05) is 12.1 Å².